The summed E-state index contributed by atoms with van der Waals surface area (Å²) in [6, 6.07) is 0. The van der Waals surface area contributed by atoms with Crippen molar-refractivity contribution < 1.29 is 25.5 Å². The first-order chi connectivity index (χ1) is 5.27. The van der Waals surface area contributed by atoms with E-state index in [2.05, 4.69) is 18.2 Å². The number of rotatable bonds is 1. The van der Waals surface area contributed by atoms with Crippen LogP contribution in [0.15, 0.2) is 0 Å². The second-order valence-electron chi connectivity index (χ2n) is 3.74. The summed E-state index contributed by atoms with van der Waals surface area (Å²) in [7, 11) is 0. The van der Waals surface area contributed by atoms with E-state index in [0.717, 1.165) is 13.0 Å². The smallest absolute Gasteiger partial charge is 0.112 e. The van der Waals surface area contributed by atoms with Gasteiger partial charge in [-0.25, -0.2) is 4.39 Å². The van der Waals surface area contributed by atoms with Crippen LogP contribution in [-0.4, -0.2) is 29.7 Å². The molecule has 0 aromatic heterocycles. The van der Waals surface area contributed by atoms with Crippen molar-refractivity contribution in [3.63, 3.8) is 0 Å². The normalized spacial score (nSPS) is 41.0. The topological polar surface area (TPSA) is 3.24 Å². The average Bonchev–Trinajstić information content (AvgIpc) is 2.43. The van der Waals surface area contributed by atoms with Crippen molar-refractivity contribution in [1.29, 1.82) is 0 Å². The summed E-state index contributed by atoms with van der Waals surface area (Å²) in [4.78, 5) is 2.30. The molecule has 2 saturated heterocycles. The summed E-state index contributed by atoms with van der Waals surface area (Å²) in [5.41, 5.74) is 0.152. The van der Waals surface area contributed by atoms with Gasteiger partial charge in [0.1, 0.15) is 6.17 Å². The fourth-order valence-electron chi connectivity index (χ4n) is 2.59. The van der Waals surface area contributed by atoms with Gasteiger partial charge >= 0.3 is 0 Å². The van der Waals surface area contributed by atoms with Gasteiger partial charge in [0.15, 0.2) is 0 Å². The van der Waals surface area contributed by atoms with Gasteiger partial charge in [-0.15, -0.1) is 0 Å². The summed E-state index contributed by atoms with van der Waals surface area (Å²) in [5, 5.41) is 0. The molecule has 12 heavy (non-hydrogen) atoms. The predicted octanol–water partition coefficient (Wildman–Crippen LogP) is 1.78. The molecule has 70 valence electrons. The van der Waals surface area contributed by atoms with Crippen LogP contribution in [0.1, 0.15) is 26.2 Å². The average molecular weight is 252 g/mol. The molecule has 2 fully saturated rings. The molecule has 1 nitrogen and oxygen atoms in total. The molecule has 0 aromatic rings. The van der Waals surface area contributed by atoms with Crippen LogP contribution in [0.25, 0.3) is 0 Å². The Morgan fingerprint density at radius 2 is 2.33 bits per heavy atom. The summed E-state index contributed by atoms with van der Waals surface area (Å²) in [6.07, 6.45) is 4.77. The molecule has 2 atom stereocenters. The molecule has 0 spiro atoms. The van der Waals surface area contributed by atoms with Gasteiger partial charge in [0.25, 0.3) is 0 Å². The van der Waals surface area contributed by atoms with E-state index in [9.17, 15) is 4.39 Å². The van der Waals surface area contributed by atoms with Gasteiger partial charge in [0, 0.05) is 27.6 Å². The van der Waals surface area contributed by atoms with Crippen molar-refractivity contribution in [2.45, 2.75) is 37.9 Å². The van der Waals surface area contributed by atoms with Crippen molar-refractivity contribution in [2.24, 2.45) is 0 Å². The van der Waals surface area contributed by atoms with Crippen LogP contribution < -0.4 is 0 Å². The van der Waals surface area contributed by atoms with E-state index in [1.54, 1.807) is 0 Å². The quantitative estimate of drug-likeness (QED) is 0.508. The molecular formula is C9H15FMoN-. The Hall–Kier alpha value is 0.578. The Bertz CT molecular complexity index is 165. The van der Waals surface area contributed by atoms with Crippen molar-refractivity contribution in [2.75, 3.05) is 13.1 Å². The third-order valence-corrected chi connectivity index (χ3v) is 3.20. The Labute approximate surface area is 88.0 Å². The Balaban J connectivity index is 0.000000720. The zero-order valence-electron chi connectivity index (χ0n) is 7.42. The molecule has 2 heterocycles. The first kappa shape index (κ1) is 10.7. The number of hydrogen-bond donors (Lipinski definition) is 0. The maximum Gasteiger partial charge on any atom is 0.112 e. The number of hydrogen-bond acceptors (Lipinski definition) is 1. The molecule has 2 aliphatic heterocycles. The van der Waals surface area contributed by atoms with Crippen LogP contribution in [-0.2, 0) is 21.1 Å². The summed E-state index contributed by atoms with van der Waals surface area (Å²) in [5.74, 6) is 0. The number of halogens is 1. The molecule has 0 aliphatic carbocycles. The summed E-state index contributed by atoms with van der Waals surface area (Å²) in [6.45, 7) is 3.84. The number of fused-ring (bicyclic) bond motifs is 1. The van der Waals surface area contributed by atoms with Crippen LogP contribution in [0, 0.1) is 6.42 Å². The maximum absolute atomic E-state index is 13.0. The maximum atomic E-state index is 13.0. The van der Waals surface area contributed by atoms with Crippen molar-refractivity contribution in [3.05, 3.63) is 6.42 Å². The standard InChI is InChI=1S/C9H15FN.Mo/c1-2-9-4-3-5-11(9)7-8(10)6-9;/h2,8H,3-7H2,1H3;/q-1;/t8-,9+;/m1./s1. The molecule has 3 heteroatoms. The van der Waals surface area contributed by atoms with E-state index < -0.39 is 6.17 Å². The monoisotopic (exact) mass is 254 g/mol. The van der Waals surface area contributed by atoms with Crippen LogP contribution >= 0.6 is 0 Å². The summed E-state index contributed by atoms with van der Waals surface area (Å²) < 4.78 is 13.0. The fourth-order valence-corrected chi connectivity index (χ4v) is 2.59. The molecular weight excluding hydrogens is 237 g/mol. The number of nitrogens with zero attached hydrogens (tertiary/aromatic N) is 1. The summed E-state index contributed by atoms with van der Waals surface area (Å²) >= 11 is 0. The van der Waals surface area contributed by atoms with Crippen LogP contribution in [0.5, 0.6) is 0 Å². The molecule has 2 aliphatic rings. The van der Waals surface area contributed by atoms with Gasteiger partial charge in [0.05, 0.1) is 0 Å². The first-order valence-electron chi connectivity index (χ1n) is 4.46. The molecule has 0 unspecified atom stereocenters. The van der Waals surface area contributed by atoms with Gasteiger partial charge in [-0.2, -0.15) is 6.92 Å². The Kier molecular flexibility index (Phi) is 3.33. The molecule has 0 bridgehead atoms. The SMILES string of the molecule is C[CH-][C@@]12CCCN1C[C@H](F)C2.[Mo]. The molecule has 0 saturated carbocycles. The van der Waals surface area contributed by atoms with Crippen LogP contribution in [0.3, 0.4) is 0 Å². The van der Waals surface area contributed by atoms with Gasteiger partial charge in [0.2, 0.25) is 0 Å². The molecule has 0 N–H and O–H groups in total. The zero-order chi connectivity index (χ0) is 7.90. The van der Waals surface area contributed by atoms with Gasteiger partial charge < -0.3 is 11.3 Å². The van der Waals surface area contributed by atoms with E-state index in [4.69, 9.17) is 0 Å². The van der Waals surface area contributed by atoms with E-state index in [-0.39, 0.29) is 26.6 Å². The zero-order valence-corrected chi connectivity index (χ0v) is 9.43. The fraction of sp³-hybridized carbons (Fsp3) is 0.889. The second kappa shape index (κ2) is 3.75. The second-order valence-corrected chi connectivity index (χ2v) is 3.74. The Morgan fingerprint density at radius 3 is 2.92 bits per heavy atom. The van der Waals surface area contributed by atoms with E-state index in [1.165, 1.54) is 12.8 Å². The minimum atomic E-state index is -0.577. The van der Waals surface area contributed by atoms with Gasteiger partial charge in [-0.3, -0.25) is 0 Å². The third kappa shape index (κ3) is 1.48. The largest absolute Gasteiger partial charge is 0.324 e. The van der Waals surface area contributed by atoms with E-state index >= 15 is 0 Å². The molecule has 0 radical (unpaired) electrons. The van der Waals surface area contributed by atoms with Gasteiger partial charge in [-0.05, 0) is 19.4 Å². The van der Waals surface area contributed by atoms with E-state index in [0.29, 0.717) is 6.54 Å². The van der Waals surface area contributed by atoms with Crippen molar-refractivity contribution in [3.8, 4) is 0 Å². The molecule has 2 rings (SSSR count). The first-order valence-corrected chi connectivity index (χ1v) is 4.46. The minimum Gasteiger partial charge on any atom is -0.324 e. The van der Waals surface area contributed by atoms with Crippen molar-refractivity contribution >= 4 is 0 Å². The third-order valence-electron chi connectivity index (χ3n) is 3.20. The number of alkyl halides is 1. The minimum absolute atomic E-state index is 0. The Morgan fingerprint density at radius 1 is 1.58 bits per heavy atom. The van der Waals surface area contributed by atoms with Crippen LogP contribution in [0.2, 0.25) is 0 Å². The van der Waals surface area contributed by atoms with Gasteiger partial charge in [-0.1, -0.05) is 12.0 Å². The molecule has 0 amide bonds. The van der Waals surface area contributed by atoms with Crippen LogP contribution in [0.4, 0.5) is 4.39 Å². The van der Waals surface area contributed by atoms with E-state index in [1.807, 2.05) is 0 Å². The van der Waals surface area contributed by atoms with Crippen molar-refractivity contribution in [1.82, 2.24) is 4.90 Å². The predicted molar refractivity (Wildman–Crippen MR) is 43.0 cm³/mol. The molecule has 0 aromatic carbocycles.